The Balaban J connectivity index is 1.86. The van der Waals surface area contributed by atoms with E-state index in [1.807, 2.05) is 44.4 Å². The van der Waals surface area contributed by atoms with Crippen LogP contribution in [0.1, 0.15) is 26.7 Å². The molecule has 0 spiro atoms. The molecule has 1 aliphatic rings. The Kier molecular flexibility index (Phi) is 6.29. The van der Waals surface area contributed by atoms with Crippen molar-refractivity contribution in [2.75, 3.05) is 24.7 Å². The van der Waals surface area contributed by atoms with Gasteiger partial charge >= 0.3 is 0 Å². The number of likely N-dealkylation sites (tertiary alicyclic amines) is 1. The van der Waals surface area contributed by atoms with Crippen LogP contribution in [0.2, 0.25) is 0 Å². The molecule has 1 saturated heterocycles. The lowest BCUT2D eigenvalue weighted by Crippen LogP contribution is -2.47. The van der Waals surface area contributed by atoms with E-state index in [0.29, 0.717) is 5.92 Å². The van der Waals surface area contributed by atoms with Crippen molar-refractivity contribution in [1.29, 1.82) is 0 Å². The van der Waals surface area contributed by atoms with Gasteiger partial charge in [0.2, 0.25) is 5.91 Å². The van der Waals surface area contributed by atoms with Crippen LogP contribution in [0.4, 0.5) is 5.69 Å². The van der Waals surface area contributed by atoms with E-state index in [0.717, 1.165) is 31.6 Å². The maximum absolute atomic E-state index is 12.4. The lowest BCUT2D eigenvalue weighted by atomic mass is 9.91. The van der Waals surface area contributed by atoms with Crippen LogP contribution in [0.15, 0.2) is 29.2 Å². The third-order valence-electron chi connectivity index (χ3n) is 4.54. The fourth-order valence-corrected chi connectivity index (χ4v) is 3.28. The highest BCUT2D eigenvalue weighted by Crippen LogP contribution is 2.23. The number of carbonyl (C=O) groups excluding carboxylic acids is 1. The molecular weight excluding hydrogens is 296 g/mol. The number of piperidine rings is 1. The van der Waals surface area contributed by atoms with E-state index in [1.54, 1.807) is 11.8 Å². The molecule has 4 nitrogen and oxygen atoms in total. The molecular formula is C17H26N2O2S. The van der Waals surface area contributed by atoms with Crippen molar-refractivity contribution >= 4 is 23.4 Å². The van der Waals surface area contributed by atoms with E-state index in [-0.39, 0.29) is 18.1 Å². The first kappa shape index (κ1) is 17.3. The number of nitrogens with zero attached hydrogens (tertiary/aromatic N) is 1. The molecule has 0 aromatic heterocycles. The van der Waals surface area contributed by atoms with Gasteiger partial charge in [0, 0.05) is 10.6 Å². The summed E-state index contributed by atoms with van der Waals surface area (Å²) in [4.78, 5) is 15.8. The zero-order valence-corrected chi connectivity index (χ0v) is 14.4. The first-order valence-electron chi connectivity index (χ1n) is 7.88. The second-order valence-electron chi connectivity index (χ2n) is 6.01. The molecule has 5 heteroatoms. The maximum Gasteiger partial charge on any atom is 0.241 e. The molecule has 1 fully saturated rings. The van der Waals surface area contributed by atoms with Crippen molar-refractivity contribution < 1.29 is 9.90 Å². The molecule has 2 rings (SSSR count). The normalized spacial score (nSPS) is 19.6. The molecule has 122 valence electrons. The van der Waals surface area contributed by atoms with Crippen molar-refractivity contribution in [2.24, 2.45) is 5.92 Å². The van der Waals surface area contributed by atoms with Crippen LogP contribution < -0.4 is 5.32 Å². The van der Waals surface area contributed by atoms with E-state index in [4.69, 9.17) is 0 Å². The van der Waals surface area contributed by atoms with Gasteiger partial charge in [-0.15, -0.1) is 11.8 Å². The fraction of sp³-hybridized carbons (Fsp3) is 0.588. The zero-order chi connectivity index (χ0) is 16.1. The second-order valence-corrected chi connectivity index (χ2v) is 6.89. The Hall–Kier alpha value is -1.04. The van der Waals surface area contributed by atoms with Gasteiger partial charge in [0.05, 0.1) is 12.1 Å². The Morgan fingerprint density at radius 1 is 1.27 bits per heavy atom. The summed E-state index contributed by atoms with van der Waals surface area (Å²) < 4.78 is 0. The van der Waals surface area contributed by atoms with Crippen LogP contribution in [0.3, 0.4) is 0 Å². The van der Waals surface area contributed by atoms with Crippen molar-refractivity contribution in [1.82, 2.24) is 4.90 Å². The number of benzene rings is 1. The smallest absolute Gasteiger partial charge is 0.241 e. The van der Waals surface area contributed by atoms with Gasteiger partial charge in [0.15, 0.2) is 0 Å². The molecule has 1 aliphatic heterocycles. The monoisotopic (exact) mass is 322 g/mol. The summed E-state index contributed by atoms with van der Waals surface area (Å²) >= 11 is 1.69. The summed E-state index contributed by atoms with van der Waals surface area (Å²) in [5.74, 6) is 0.401. The maximum atomic E-state index is 12.4. The number of amides is 1. The molecule has 0 bridgehead atoms. The van der Waals surface area contributed by atoms with Gasteiger partial charge in [0.25, 0.3) is 0 Å². The van der Waals surface area contributed by atoms with Crippen LogP contribution in [0, 0.1) is 5.92 Å². The molecule has 1 aromatic rings. The Morgan fingerprint density at radius 2 is 1.86 bits per heavy atom. The highest BCUT2D eigenvalue weighted by atomic mass is 32.2. The SMILES string of the molecule is CSc1ccc(NC(=O)C(C)N2CCC(C(C)O)CC2)cc1. The minimum absolute atomic E-state index is 0.0346. The predicted molar refractivity (Wildman–Crippen MR) is 92.3 cm³/mol. The summed E-state index contributed by atoms with van der Waals surface area (Å²) in [7, 11) is 0. The molecule has 0 aliphatic carbocycles. The highest BCUT2D eigenvalue weighted by Gasteiger charge is 2.28. The van der Waals surface area contributed by atoms with Crippen molar-refractivity contribution in [3.63, 3.8) is 0 Å². The predicted octanol–water partition coefficient (Wildman–Crippen LogP) is 2.83. The summed E-state index contributed by atoms with van der Waals surface area (Å²) in [5.41, 5.74) is 0.841. The number of anilines is 1. The molecule has 1 aromatic carbocycles. The van der Waals surface area contributed by atoms with Gasteiger partial charge in [-0.1, -0.05) is 0 Å². The molecule has 0 radical (unpaired) electrons. The minimum Gasteiger partial charge on any atom is -0.393 e. The van der Waals surface area contributed by atoms with E-state index < -0.39 is 0 Å². The van der Waals surface area contributed by atoms with Gasteiger partial charge in [-0.25, -0.2) is 0 Å². The molecule has 2 atom stereocenters. The summed E-state index contributed by atoms with van der Waals surface area (Å²) in [6.45, 7) is 5.55. The average molecular weight is 322 g/mol. The van der Waals surface area contributed by atoms with Crippen LogP contribution in [0.5, 0.6) is 0 Å². The Bertz CT molecular complexity index is 482. The van der Waals surface area contributed by atoms with Gasteiger partial charge < -0.3 is 10.4 Å². The van der Waals surface area contributed by atoms with E-state index >= 15 is 0 Å². The average Bonchev–Trinajstić information content (AvgIpc) is 2.55. The third-order valence-corrected chi connectivity index (χ3v) is 5.28. The number of hydrogen-bond donors (Lipinski definition) is 2. The minimum atomic E-state index is -0.249. The summed E-state index contributed by atoms with van der Waals surface area (Å²) in [5, 5.41) is 12.6. The van der Waals surface area contributed by atoms with Gasteiger partial charge in [0.1, 0.15) is 0 Å². The van der Waals surface area contributed by atoms with Crippen LogP contribution in [0.25, 0.3) is 0 Å². The number of aliphatic hydroxyl groups is 1. The molecule has 1 amide bonds. The standard InChI is InChI=1S/C17H26N2O2S/c1-12(19-10-8-14(9-11-19)13(2)20)17(21)18-15-4-6-16(22-3)7-5-15/h4-7,12-14,20H,8-11H2,1-3H3,(H,18,21). The van der Waals surface area contributed by atoms with E-state index in [1.165, 1.54) is 4.90 Å². The first-order valence-corrected chi connectivity index (χ1v) is 9.10. The van der Waals surface area contributed by atoms with Crippen molar-refractivity contribution in [3.8, 4) is 0 Å². The number of hydrogen-bond acceptors (Lipinski definition) is 4. The number of carbonyl (C=O) groups is 1. The highest BCUT2D eigenvalue weighted by molar-refractivity contribution is 7.98. The van der Waals surface area contributed by atoms with Crippen LogP contribution in [-0.4, -0.2) is 47.4 Å². The Labute approximate surface area is 137 Å². The van der Waals surface area contributed by atoms with E-state index in [9.17, 15) is 9.90 Å². The topological polar surface area (TPSA) is 52.6 Å². The molecule has 2 unspecified atom stereocenters. The van der Waals surface area contributed by atoms with Gasteiger partial charge in [-0.3, -0.25) is 9.69 Å². The number of rotatable bonds is 5. The van der Waals surface area contributed by atoms with Crippen LogP contribution in [-0.2, 0) is 4.79 Å². The number of nitrogens with one attached hydrogen (secondary N) is 1. The quantitative estimate of drug-likeness (QED) is 0.819. The lowest BCUT2D eigenvalue weighted by Gasteiger charge is -2.36. The van der Waals surface area contributed by atoms with Crippen molar-refractivity contribution in [3.05, 3.63) is 24.3 Å². The first-order chi connectivity index (χ1) is 10.5. The molecule has 2 N–H and O–H groups in total. The molecule has 22 heavy (non-hydrogen) atoms. The lowest BCUT2D eigenvalue weighted by molar-refractivity contribution is -0.121. The van der Waals surface area contributed by atoms with Gasteiger partial charge in [-0.2, -0.15) is 0 Å². The summed E-state index contributed by atoms with van der Waals surface area (Å²) in [6, 6.07) is 7.76. The summed E-state index contributed by atoms with van der Waals surface area (Å²) in [6.07, 6.45) is 3.70. The Morgan fingerprint density at radius 3 is 2.36 bits per heavy atom. The van der Waals surface area contributed by atoms with E-state index in [2.05, 4.69) is 10.2 Å². The molecule has 1 heterocycles. The van der Waals surface area contributed by atoms with Crippen LogP contribution >= 0.6 is 11.8 Å². The second kappa shape index (κ2) is 7.99. The largest absolute Gasteiger partial charge is 0.393 e. The molecule has 0 saturated carbocycles. The van der Waals surface area contributed by atoms with Gasteiger partial charge in [-0.05, 0) is 76.2 Å². The number of aliphatic hydroxyl groups excluding tert-OH is 1. The third kappa shape index (κ3) is 4.48. The van der Waals surface area contributed by atoms with Crippen molar-refractivity contribution in [2.45, 2.75) is 43.7 Å². The number of thioether (sulfide) groups is 1. The zero-order valence-electron chi connectivity index (χ0n) is 13.6. The fourth-order valence-electron chi connectivity index (χ4n) is 2.88.